The fraction of sp³-hybridized carbons (Fsp3) is 0.333. The Morgan fingerprint density at radius 2 is 2.33 bits per heavy atom. The van der Waals surface area contributed by atoms with Crippen LogP contribution in [0.3, 0.4) is 0 Å². The lowest BCUT2D eigenvalue weighted by molar-refractivity contribution is 0.719. The SMILES string of the molecule is C=CCCC(C)Nc1ccc(Cl)c(Br)c1. The molecule has 1 aromatic carbocycles. The van der Waals surface area contributed by atoms with Crippen LogP contribution < -0.4 is 5.32 Å². The highest BCUT2D eigenvalue weighted by Crippen LogP contribution is 2.26. The minimum Gasteiger partial charge on any atom is -0.383 e. The van der Waals surface area contributed by atoms with Crippen LogP contribution in [0.25, 0.3) is 0 Å². The molecule has 0 aliphatic rings. The summed E-state index contributed by atoms with van der Waals surface area (Å²) in [5.41, 5.74) is 1.09. The van der Waals surface area contributed by atoms with E-state index >= 15 is 0 Å². The van der Waals surface area contributed by atoms with Crippen molar-refractivity contribution in [3.8, 4) is 0 Å². The Hall–Kier alpha value is -0.470. The summed E-state index contributed by atoms with van der Waals surface area (Å²) in [7, 11) is 0. The number of rotatable bonds is 5. The Kier molecular flexibility index (Phi) is 5.20. The number of hydrogen-bond acceptors (Lipinski definition) is 1. The van der Waals surface area contributed by atoms with Crippen molar-refractivity contribution in [3.63, 3.8) is 0 Å². The highest BCUT2D eigenvalue weighted by atomic mass is 79.9. The Bertz CT molecular complexity index is 338. The van der Waals surface area contributed by atoms with Gasteiger partial charge in [-0.2, -0.15) is 0 Å². The third-order valence-electron chi connectivity index (χ3n) is 2.14. The first kappa shape index (κ1) is 12.6. The van der Waals surface area contributed by atoms with Crippen LogP contribution in [0.5, 0.6) is 0 Å². The van der Waals surface area contributed by atoms with E-state index in [2.05, 4.69) is 34.7 Å². The van der Waals surface area contributed by atoms with Crippen molar-refractivity contribution in [2.75, 3.05) is 5.32 Å². The van der Waals surface area contributed by atoms with Crippen LogP contribution in [-0.2, 0) is 0 Å². The van der Waals surface area contributed by atoms with Gasteiger partial charge in [0.1, 0.15) is 0 Å². The number of hydrogen-bond donors (Lipinski definition) is 1. The van der Waals surface area contributed by atoms with Gasteiger partial charge in [0.25, 0.3) is 0 Å². The second-order valence-electron chi connectivity index (χ2n) is 3.54. The van der Waals surface area contributed by atoms with Gasteiger partial charge in [-0.3, -0.25) is 0 Å². The average molecular weight is 289 g/mol. The second-order valence-corrected chi connectivity index (χ2v) is 4.80. The molecule has 1 aromatic rings. The lowest BCUT2D eigenvalue weighted by atomic mass is 10.1. The van der Waals surface area contributed by atoms with Crippen molar-refractivity contribution in [3.05, 3.63) is 40.3 Å². The number of allylic oxidation sites excluding steroid dienone is 1. The predicted molar refractivity (Wildman–Crippen MR) is 71.7 cm³/mol. The molecule has 3 heteroatoms. The van der Waals surface area contributed by atoms with E-state index in [4.69, 9.17) is 11.6 Å². The fourth-order valence-corrected chi connectivity index (χ4v) is 1.81. The maximum absolute atomic E-state index is 5.91. The normalized spacial score (nSPS) is 12.2. The van der Waals surface area contributed by atoms with Crippen molar-refractivity contribution in [1.82, 2.24) is 0 Å². The summed E-state index contributed by atoms with van der Waals surface area (Å²) in [6.45, 7) is 5.87. The summed E-state index contributed by atoms with van der Waals surface area (Å²) in [6, 6.07) is 6.30. The molecule has 0 aromatic heterocycles. The summed E-state index contributed by atoms with van der Waals surface area (Å²) in [5, 5.41) is 4.14. The fourth-order valence-electron chi connectivity index (χ4n) is 1.31. The number of nitrogens with one attached hydrogen (secondary N) is 1. The van der Waals surface area contributed by atoms with E-state index in [1.54, 1.807) is 0 Å². The van der Waals surface area contributed by atoms with Gasteiger partial charge in [-0.1, -0.05) is 17.7 Å². The second kappa shape index (κ2) is 6.19. The van der Waals surface area contributed by atoms with E-state index < -0.39 is 0 Å². The highest BCUT2D eigenvalue weighted by Gasteiger charge is 2.02. The maximum atomic E-state index is 5.91. The predicted octanol–water partition coefficient (Wildman–Crippen LogP) is 4.87. The van der Waals surface area contributed by atoms with Crippen molar-refractivity contribution < 1.29 is 0 Å². The molecule has 82 valence electrons. The quantitative estimate of drug-likeness (QED) is 0.762. The van der Waals surface area contributed by atoms with E-state index in [1.165, 1.54) is 0 Å². The smallest absolute Gasteiger partial charge is 0.0549 e. The molecule has 0 fully saturated rings. The Morgan fingerprint density at radius 3 is 2.93 bits per heavy atom. The van der Waals surface area contributed by atoms with Crippen LogP contribution in [0.15, 0.2) is 35.3 Å². The van der Waals surface area contributed by atoms with Gasteiger partial charge in [0, 0.05) is 16.2 Å². The largest absolute Gasteiger partial charge is 0.383 e. The van der Waals surface area contributed by atoms with Crippen molar-refractivity contribution in [2.24, 2.45) is 0 Å². The van der Waals surface area contributed by atoms with E-state index in [-0.39, 0.29) is 0 Å². The molecule has 0 aliphatic carbocycles. The van der Waals surface area contributed by atoms with E-state index in [0.717, 1.165) is 28.0 Å². The average Bonchev–Trinajstić information content (AvgIpc) is 2.20. The summed E-state index contributed by atoms with van der Waals surface area (Å²) < 4.78 is 0.921. The number of halogens is 2. The minimum atomic E-state index is 0.441. The maximum Gasteiger partial charge on any atom is 0.0549 e. The molecule has 0 radical (unpaired) electrons. The molecule has 0 amide bonds. The Balaban J connectivity index is 2.56. The molecule has 1 atom stereocenters. The van der Waals surface area contributed by atoms with Crippen molar-refractivity contribution >= 4 is 33.2 Å². The van der Waals surface area contributed by atoms with Crippen molar-refractivity contribution in [2.45, 2.75) is 25.8 Å². The number of benzene rings is 1. The van der Waals surface area contributed by atoms with E-state index in [9.17, 15) is 0 Å². The van der Waals surface area contributed by atoms with Crippen LogP contribution in [0.4, 0.5) is 5.69 Å². The monoisotopic (exact) mass is 287 g/mol. The van der Waals surface area contributed by atoms with Gasteiger partial charge in [-0.25, -0.2) is 0 Å². The van der Waals surface area contributed by atoms with Crippen LogP contribution in [0.1, 0.15) is 19.8 Å². The Morgan fingerprint density at radius 1 is 1.60 bits per heavy atom. The third kappa shape index (κ3) is 4.27. The summed E-state index contributed by atoms with van der Waals surface area (Å²) in [5.74, 6) is 0. The molecule has 0 aliphatic heterocycles. The first-order chi connectivity index (χ1) is 7.13. The van der Waals surface area contributed by atoms with Gasteiger partial charge < -0.3 is 5.32 Å². The van der Waals surface area contributed by atoms with Crippen molar-refractivity contribution in [1.29, 1.82) is 0 Å². The topological polar surface area (TPSA) is 12.0 Å². The van der Waals surface area contributed by atoms with Gasteiger partial charge in [-0.15, -0.1) is 6.58 Å². The van der Waals surface area contributed by atoms with Gasteiger partial charge in [-0.05, 0) is 53.9 Å². The van der Waals surface area contributed by atoms with Gasteiger partial charge in [0.2, 0.25) is 0 Å². The molecule has 15 heavy (non-hydrogen) atoms. The zero-order valence-corrected chi connectivity index (χ0v) is 11.1. The lowest BCUT2D eigenvalue weighted by Gasteiger charge is -2.14. The Labute approximate surface area is 105 Å². The summed E-state index contributed by atoms with van der Waals surface area (Å²) in [4.78, 5) is 0. The van der Waals surface area contributed by atoms with Gasteiger partial charge in [0.05, 0.1) is 5.02 Å². The van der Waals surface area contributed by atoms with Gasteiger partial charge >= 0.3 is 0 Å². The lowest BCUT2D eigenvalue weighted by Crippen LogP contribution is -2.14. The first-order valence-electron chi connectivity index (χ1n) is 4.96. The van der Waals surface area contributed by atoms with E-state index in [1.807, 2.05) is 24.3 Å². The summed E-state index contributed by atoms with van der Waals surface area (Å²) >= 11 is 9.31. The standard InChI is InChI=1S/C12H15BrClN/c1-3-4-5-9(2)15-10-6-7-12(14)11(13)8-10/h3,6-9,15H,1,4-5H2,2H3. The molecule has 0 heterocycles. The van der Waals surface area contributed by atoms with Gasteiger partial charge in [0.15, 0.2) is 0 Å². The summed E-state index contributed by atoms with van der Waals surface area (Å²) in [6.07, 6.45) is 4.06. The number of anilines is 1. The molecule has 0 bridgehead atoms. The van der Waals surface area contributed by atoms with E-state index in [0.29, 0.717) is 6.04 Å². The molecule has 1 nitrogen and oxygen atoms in total. The molecule has 0 saturated carbocycles. The molecule has 0 spiro atoms. The van der Waals surface area contributed by atoms with Crippen LogP contribution in [0, 0.1) is 0 Å². The third-order valence-corrected chi connectivity index (χ3v) is 3.35. The zero-order chi connectivity index (χ0) is 11.3. The molecule has 1 rings (SSSR count). The molecule has 0 saturated heterocycles. The highest BCUT2D eigenvalue weighted by molar-refractivity contribution is 9.10. The first-order valence-corrected chi connectivity index (χ1v) is 6.13. The van der Waals surface area contributed by atoms with Crippen LogP contribution in [0.2, 0.25) is 5.02 Å². The molecular weight excluding hydrogens is 273 g/mol. The zero-order valence-electron chi connectivity index (χ0n) is 8.76. The van der Waals surface area contributed by atoms with Crippen LogP contribution in [-0.4, -0.2) is 6.04 Å². The molecule has 1 N–H and O–H groups in total. The molecule has 1 unspecified atom stereocenters. The van der Waals surface area contributed by atoms with Crippen LogP contribution >= 0.6 is 27.5 Å². The minimum absolute atomic E-state index is 0.441. The molecular formula is C12H15BrClN.